The number of hydrogen-bond donors (Lipinski definition) is 1. The second kappa shape index (κ2) is 7.90. The van der Waals surface area contributed by atoms with E-state index in [2.05, 4.69) is 21.6 Å². The smallest absolute Gasteiger partial charge is 0.257 e. The molecule has 0 aliphatic carbocycles. The number of carbonyl (C=O) groups is 1. The Morgan fingerprint density at radius 2 is 1.84 bits per heavy atom. The van der Waals surface area contributed by atoms with E-state index in [9.17, 15) is 4.79 Å². The molecule has 1 heterocycles. The zero-order chi connectivity index (χ0) is 17.6. The highest BCUT2D eigenvalue weighted by Gasteiger charge is 2.11. The lowest BCUT2D eigenvalue weighted by atomic mass is 10.1. The topological polar surface area (TPSA) is 64.1 Å². The molecule has 25 heavy (non-hydrogen) atoms. The predicted octanol–water partition coefficient (Wildman–Crippen LogP) is 4.55. The normalized spacial score (nSPS) is 10.5. The second-order valence-corrected chi connectivity index (χ2v) is 6.37. The Hall–Kier alpha value is -2.73. The molecule has 0 atom stereocenters. The van der Waals surface area contributed by atoms with Crippen molar-refractivity contribution in [3.05, 3.63) is 59.7 Å². The number of aromatic nitrogens is 2. The first-order valence-corrected chi connectivity index (χ1v) is 8.88. The molecule has 128 valence electrons. The molecule has 0 radical (unpaired) electrons. The van der Waals surface area contributed by atoms with Gasteiger partial charge in [-0.05, 0) is 37.6 Å². The molecule has 1 N–H and O–H groups in total. The molecule has 0 bridgehead atoms. The summed E-state index contributed by atoms with van der Waals surface area (Å²) in [6, 6.07) is 15.0. The van der Waals surface area contributed by atoms with E-state index in [-0.39, 0.29) is 5.91 Å². The maximum atomic E-state index is 12.3. The van der Waals surface area contributed by atoms with Gasteiger partial charge in [-0.2, -0.15) is 9.36 Å². The molecule has 0 spiro atoms. The van der Waals surface area contributed by atoms with Crippen molar-refractivity contribution < 1.29 is 9.53 Å². The number of rotatable bonds is 6. The zero-order valence-electron chi connectivity index (χ0n) is 14.2. The molecule has 3 rings (SSSR count). The Labute approximate surface area is 150 Å². The van der Waals surface area contributed by atoms with Crippen molar-refractivity contribution in [2.75, 3.05) is 11.9 Å². The van der Waals surface area contributed by atoms with Crippen LogP contribution >= 0.6 is 11.5 Å². The van der Waals surface area contributed by atoms with Crippen molar-refractivity contribution in [2.45, 2.75) is 20.3 Å². The average molecular weight is 353 g/mol. The first-order valence-electron chi connectivity index (χ1n) is 8.10. The van der Waals surface area contributed by atoms with E-state index in [0.29, 0.717) is 23.1 Å². The van der Waals surface area contributed by atoms with Gasteiger partial charge >= 0.3 is 0 Å². The molecular weight excluding hydrogens is 334 g/mol. The van der Waals surface area contributed by atoms with Gasteiger partial charge in [0.05, 0.1) is 6.61 Å². The minimum absolute atomic E-state index is 0.214. The van der Waals surface area contributed by atoms with Crippen LogP contribution in [0.4, 0.5) is 5.13 Å². The summed E-state index contributed by atoms with van der Waals surface area (Å²) in [5, 5.41) is 3.27. The third kappa shape index (κ3) is 4.42. The summed E-state index contributed by atoms with van der Waals surface area (Å²) in [7, 11) is 0. The van der Waals surface area contributed by atoms with Crippen LogP contribution in [0.1, 0.15) is 29.3 Å². The van der Waals surface area contributed by atoms with E-state index in [1.54, 1.807) is 24.3 Å². The molecule has 0 fully saturated rings. The molecule has 0 aliphatic rings. The van der Waals surface area contributed by atoms with Gasteiger partial charge in [0.25, 0.3) is 5.91 Å². The number of aryl methyl sites for hydroxylation is 1. The average Bonchev–Trinajstić information content (AvgIpc) is 3.09. The number of benzene rings is 2. The second-order valence-electron chi connectivity index (χ2n) is 5.62. The van der Waals surface area contributed by atoms with Gasteiger partial charge in [0, 0.05) is 22.7 Å². The van der Waals surface area contributed by atoms with Crippen LogP contribution in [0.3, 0.4) is 0 Å². The molecule has 5 nitrogen and oxygen atoms in total. The summed E-state index contributed by atoms with van der Waals surface area (Å²) in [4.78, 5) is 16.7. The lowest BCUT2D eigenvalue weighted by Crippen LogP contribution is -2.11. The van der Waals surface area contributed by atoms with E-state index < -0.39 is 0 Å². The zero-order valence-corrected chi connectivity index (χ0v) is 15.0. The van der Waals surface area contributed by atoms with Crippen LogP contribution in [0.15, 0.2) is 48.5 Å². The van der Waals surface area contributed by atoms with Crippen LogP contribution in [-0.2, 0) is 0 Å². The van der Waals surface area contributed by atoms with Crippen molar-refractivity contribution in [3.63, 3.8) is 0 Å². The van der Waals surface area contributed by atoms with Crippen molar-refractivity contribution in [1.29, 1.82) is 0 Å². The Kier molecular flexibility index (Phi) is 5.40. The van der Waals surface area contributed by atoms with Gasteiger partial charge < -0.3 is 4.74 Å². The van der Waals surface area contributed by atoms with E-state index in [1.165, 1.54) is 17.1 Å². The Morgan fingerprint density at radius 3 is 2.52 bits per heavy atom. The maximum Gasteiger partial charge on any atom is 0.257 e. The van der Waals surface area contributed by atoms with Crippen LogP contribution < -0.4 is 10.1 Å². The number of hydrogen-bond acceptors (Lipinski definition) is 5. The van der Waals surface area contributed by atoms with Crippen LogP contribution in [0.2, 0.25) is 0 Å². The molecular formula is C19H19N3O2S. The molecule has 1 aromatic heterocycles. The highest BCUT2D eigenvalue weighted by Crippen LogP contribution is 2.22. The van der Waals surface area contributed by atoms with Gasteiger partial charge in [-0.25, -0.2) is 0 Å². The van der Waals surface area contributed by atoms with Crippen molar-refractivity contribution in [2.24, 2.45) is 0 Å². The predicted molar refractivity (Wildman–Crippen MR) is 100 cm³/mol. The lowest BCUT2D eigenvalue weighted by Gasteiger charge is -2.05. The van der Waals surface area contributed by atoms with Crippen molar-refractivity contribution in [1.82, 2.24) is 9.36 Å². The van der Waals surface area contributed by atoms with E-state index in [0.717, 1.165) is 17.7 Å². The monoisotopic (exact) mass is 353 g/mol. The summed E-state index contributed by atoms with van der Waals surface area (Å²) in [5.41, 5.74) is 2.66. The summed E-state index contributed by atoms with van der Waals surface area (Å²) in [6.45, 7) is 4.75. The lowest BCUT2D eigenvalue weighted by molar-refractivity contribution is 0.102. The number of anilines is 1. The molecule has 1 amide bonds. The SMILES string of the molecule is CCCOc1ccc(C(=O)Nc2nc(-c3ccc(C)cc3)ns2)cc1. The van der Waals surface area contributed by atoms with E-state index in [1.807, 2.05) is 31.2 Å². The van der Waals surface area contributed by atoms with Gasteiger partial charge in [0.1, 0.15) is 5.75 Å². The Balaban J connectivity index is 1.66. The molecule has 2 aromatic carbocycles. The number of ether oxygens (including phenoxy) is 1. The highest BCUT2D eigenvalue weighted by atomic mass is 32.1. The van der Waals surface area contributed by atoms with Crippen LogP contribution in [-0.4, -0.2) is 21.9 Å². The molecule has 0 saturated heterocycles. The molecule has 3 aromatic rings. The Morgan fingerprint density at radius 1 is 1.12 bits per heavy atom. The standard InChI is InChI=1S/C19H19N3O2S/c1-3-12-24-16-10-8-15(9-11-16)18(23)21-19-20-17(22-25-19)14-6-4-13(2)5-7-14/h4-11H,3,12H2,1-2H3,(H,20,21,22,23). The van der Waals surface area contributed by atoms with Crippen LogP contribution in [0, 0.1) is 6.92 Å². The number of nitrogens with one attached hydrogen (secondary N) is 1. The fourth-order valence-electron chi connectivity index (χ4n) is 2.19. The van der Waals surface area contributed by atoms with Crippen LogP contribution in [0.25, 0.3) is 11.4 Å². The van der Waals surface area contributed by atoms with Crippen molar-refractivity contribution in [3.8, 4) is 17.1 Å². The molecule has 0 aliphatic heterocycles. The van der Waals surface area contributed by atoms with Gasteiger partial charge in [-0.3, -0.25) is 10.1 Å². The molecule has 0 unspecified atom stereocenters. The summed E-state index contributed by atoms with van der Waals surface area (Å²) in [6.07, 6.45) is 0.947. The Bertz CT molecular complexity index is 842. The maximum absolute atomic E-state index is 12.3. The van der Waals surface area contributed by atoms with E-state index >= 15 is 0 Å². The van der Waals surface area contributed by atoms with Gasteiger partial charge in [-0.15, -0.1) is 0 Å². The van der Waals surface area contributed by atoms with Crippen LogP contribution in [0.5, 0.6) is 5.75 Å². The fourth-order valence-corrected chi connectivity index (χ4v) is 2.77. The number of amides is 1. The third-order valence-corrected chi connectivity index (χ3v) is 4.18. The largest absolute Gasteiger partial charge is 0.494 e. The number of carbonyl (C=O) groups excluding carboxylic acids is 1. The van der Waals surface area contributed by atoms with Gasteiger partial charge in [0.2, 0.25) is 5.13 Å². The third-order valence-electron chi connectivity index (χ3n) is 3.55. The highest BCUT2D eigenvalue weighted by molar-refractivity contribution is 7.10. The first-order chi connectivity index (χ1) is 12.2. The quantitative estimate of drug-likeness (QED) is 0.706. The minimum atomic E-state index is -0.214. The first kappa shape index (κ1) is 17.1. The summed E-state index contributed by atoms with van der Waals surface area (Å²) < 4.78 is 9.82. The minimum Gasteiger partial charge on any atom is -0.494 e. The number of nitrogens with zero attached hydrogens (tertiary/aromatic N) is 2. The van der Waals surface area contributed by atoms with E-state index in [4.69, 9.17) is 4.74 Å². The summed E-state index contributed by atoms with van der Waals surface area (Å²) >= 11 is 1.17. The van der Waals surface area contributed by atoms with Gasteiger partial charge in [0.15, 0.2) is 5.82 Å². The molecule has 0 saturated carbocycles. The summed E-state index contributed by atoms with van der Waals surface area (Å²) in [5.74, 6) is 1.16. The fraction of sp³-hybridized carbons (Fsp3) is 0.211. The van der Waals surface area contributed by atoms with Crippen molar-refractivity contribution >= 4 is 22.6 Å². The van der Waals surface area contributed by atoms with Gasteiger partial charge in [-0.1, -0.05) is 36.8 Å². The molecule has 6 heteroatoms.